The van der Waals surface area contributed by atoms with E-state index in [-0.39, 0.29) is 0 Å². The Labute approximate surface area is 85.1 Å². The molecule has 5 heteroatoms. The first kappa shape index (κ1) is 10.5. The summed E-state index contributed by atoms with van der Waals surface area (Å²) in [4.78, 5) is 0.828. The van der Waals surface area contributed by atoms with E-state index in [1.54, 1.807) is 0 Å². The zero-order valence-corrected chi connectivity index (χ0v) is 9.55. The molecule has 1 aromatic carbocycles. The summed E-state index contributed by atoms with van der Waals surface area (Å²) >= 11 is 11.8. The lowest BCUT2D eigenvalue weighted by molar-refractivity contribution is 0.600. The van der Waals surface area contributed by atoms with Crippen molar-refractivity contribution in [2.45, 2.75) is 11.8 Å². The molecule has 0 amide bonds. The van der Waals surface area contributed by atoms with Gasteiger partial charge in [0.1, 0.15) is 0 Å². The number of rotatable bonds is 2. The molecule has 0 fully saturated rings. The zero-order valence-electron chi connectivity index (χ0n) is 6.33. The van der Waals surface area contributed by atoms with Gasteiger partial charge in [-0.3, -0.25) is 4.57 Å². The quantitative estimate of drug-likeness (QED) is 0.699. The monoisotopic (exact) mass is 240 g/mol. The third-order valence-corrected chi connectivity index (χ3v) is 4.44. The van der Waals surface area contributed by atoms with Gasteiger partial charge in [0.25, 0.3) is 0 Å². The average molecular weight is 241 g/mol. The summed E-state index contributed by atoms with van der Waals surface area (Å²) in [5, 5.41) is -3.04. The van der Waals surface area contributed by atoms with Gasteiger partial charge in [-0.05, 0) is 52.9 Å². The predicted octanol–water partition coefficient (Wildman–Crippen LogP) is 4.67. The first-order valence-corrected chi connectivity index (χ1v) is 8.17. The highest BCUT2D eigenvalue weighted by Gasteiger charge is 2.15. The van der Waals surface area contributed by atoms with Crippen molar-refractivity contribution in [3.63, 3.8) is 0 Å². The van der Waals surface area contributed by atoms with Crippen LogP contribution in [0.1, 0.15) is 5.56 Å². The van der Waals surface area contributed by atoms with E-state index in [2.05, 4.69) is 0 Å². The highest BCUT2D eigenvalue weighted by Crippen LogP contribution is 2.70. The van der Waals surface area contributed by atoms with Gasteiger partial charge < -0.3 is 0 Å². The van der Waals surface area contributed by atoms with Crippen molar-refractivity contribution in [3.8, 4) is 0 Å². The molecule has 0 aliphatic rings. The van der Waals surface area contributed by atoms with Crippen LogP contribution < -0.4 is 0 Å². The van der Waals surface area contributed by atoms with Crippen LogP contribution in [0.4, 0.5) is 0 Å². The summed E-state index contributed by atoms with van der Waals surface area (Å²) in [5.41, 5.74) is 1.15. The summed E-state index contributed by atoms with van der Waals surface area (Å²) in [7, 11) is 0. The normalized spacial score (nSPS) is 11.6. The lowest BCUT2D eigenvalue weighted by Gasteiger charge is -2.01. The molecule has 0 saturated heterocycles. The fourth-order valence-electron chi connectivity index (χ4n) is 0.722. The van der Waals surface area contributed by atoms with Crippen LogP contribution in [0, 0.1) is 6.92 Å². The van der Waals surface area contributed by atoms with Crippen LogP contribution in [0.5, 0.6) is 0 Å². The first-order valence-electron chi connectivity index (χ1n) is 3.23. The SMILES string of the molecule is Cc1ccc(SP(=O)(Cl)Cl)cc1. The molecule has 12 heavy (non-hydrogen) atoms. The van der Waals surface area contributed by atoms with E-state index in [4.69, 9.17) is 22.5 Å². The number of benzene rings is 1. The molecule has 0 aliphatic carbocycles. The second-order valence-electron chi connectivity index (χ2n) is 2.32. The van der Waals surface area contributed by atoms with Crippen molar-refractivity contribution >= 4 is 38.9 Å². The standard InChI is InChI=1S/C7H7Cl2OPS/c1-6-2-4-7(5-3-6)12-11(8,9)10/h2-5H,1H3. The Morgan fingerprint density at radius 2 is 1.75 bits per heavy atom. The van der Waals surface area contributed by atoms with Crippen LogP contribution in [-0.2, 0) is 4.57 Å². The maximum absolute atomic E-state index is 11.0. The molecule has 0 heterocycles. The first-order chi connectivity index (χ1) is 5.47. The van der Waals surface area contributed by atoms with Gasteiger partial charge in [0.2, 0.25) is 0 Å². The number of hydrogen-bond acceptors (Lipinski definition) is 2. The van der Waals surface area contributed by atoms with Crippen LogP contribution >= 0.6 is 38.9 Å². The third-order valence-electron chi connectivity index (χ3n) is 1.23. The minimum absolute atomic E-state index is 0.828. The van der Waals surface area contributed by atoms with Crippen LogP contribution in [0.3, 0.4) is 0 Å². The number of aryl methyl sites for hydroxylation is 1. The van der Waals surface area contributed by atoms with Crippen molar-refractivity contribution in [3.05, 3.63) is 29.8 Å². The Bertz CT molecular complexity index is 306. The molecule has 0 saturated carbocycles. The molecule has 1 nitrogen and oxygen atoms in total. The second kappa shape index (κ2) is 4.06. The lowest BCUT2D eigenvalue weighted by Crippen LogP contribution is -1.70. The minimum Gasteiger partial charge on any atom is -0.277 e. The second-order valence-corrected chi connectivity index (χ2v) is 10.5. The van der Waals surface area contributed by atoms with E-state index < -0.39 is 5.05 Å². The highest BCUT2D eigenvalue weighted by molar-refractivity contribution is 8.72. The van der Waals surface area contributed by atoms with Gasteiger partial charge in [0.15, 0.2) is 0 Å². The van der Waals surface area contributed by atoms with Crippen LogP contribution in [0.15, 0.2) is 29.2 Å². The maximum atomic E-state index is 11.0. The molecule has 0 N–H and O–H groups in total. The van der Waals surface area contributed by atoms with E-state index in [9.17, 15) is 4.57 Å². The van der Waals surface area contributed by atoms with Gasteiger partial charge in [-0.15, -0.1) is 0 Å². The van der Waals surface area contributed by atoms with Gasteiger partial charge in [-0.25, -0.2) is 0 Å². The van der Waals surface area contributed by atoms with Crippen molar-refractivity contribution < 1.29 is 4.57 Å². The van der Waals surface area contributed by atoms with Gasteiger partial charge >= 0.3 is 5.05 Å². The summed E-state index contributed by atoms with van der Waals surface area (Å²) in [6.07, 6.45) is 0. The highest BCUT2D eigenvalue weighted by atomic mass is 35.9. The molecular weight excluding hydrogens is 234 g/mol. The lowest BCUT2D eigenvalue weighted by atomic mass is 10.2. The van der Waals surface area contributed by atoms with Crippen molar-refractivity contribution in [2.24, 2.45) is 0 Å². The molecule has 0 aromatic heterocycles. The van der Waals surface area contributed by atoms with Crippen molar-refractivity contribution in [1.29, 1.82) is 0 Å². The smallest absolute Gasteiger partial charge is 0.277 e. The van der Waals surface area contributed by atoms with Crippen LogP contribution in [0.2, 0.25) is 0 Å². The van der Waals surface area contributed by atoms with E-state index in [0.717, 1.165) is 21.8 Å². The van der Waals surface area contributed by atoms with Crippen molar-refractivity contribution in [2.75, 3.05) is 0 Å². The molecule has 1 rings (SSSR count). The molecule has 0 atom stereocenters. The molecule has 0 spiro atoms. The van der Waals surface area contributed by atoms with E-state index in [1.165, 1.54) is 0 Å². The minimum atomic E-state index is -3.04. The zero-order chi connectivity index (χ0) is 9.19. The Morgan fingerprint density at radius 1 is 1.25 bits per heavy atom. The van der Waals surface area contributed by atoms with E-state index in [1.807, 2.05) is 31.2 Å². The van der Waals surface area contributed by atoms with E-state index in [0.29, 0.717) is 0 Å². The van der Waals surface area contributed by atoms with Crippen LogP contribution in [0.25, 0.3) is 0 Å². The molecule has 0 radical (unpaired) electrons. The van der Waals surface area contributed by atoms with E-state index >= 15 is 0 Å². The molecular formula is C7H7Cl2OPS. The van der Waals surface area contributed by atoms with Gasteiger partial charge in [-0.1, -0.05) is 17.7 Å². The Balaban J connectivity index is 2.78. The summed E-state index contributed by atoms with van der Waals surface area (Å²) < 4.78 is 11.0. The van der Waals surface area contributed by atoms with Gasteiger partial charge in [0, 0.05) is 4.90 Å². The number of halogens is 2. The number of hydrogen-bond donors (Lipinski definition) is 0. The average Bonchev–Trinajstić information content (AvgIpc) is 1.91. The summed E-state index contributed by atoms with van der Waals surface area (Å²) in [6.45, 7) is 1.98. The van der Waals surface area contributed by atoms with Crippen LogP contribution in [-0.4, -0.2) is 0 Å². The van der Waals surface area contributed by atoms with Gasteiger partial charge in [0.05, 0.1) is 0 Å². The summed E-state index contributed by atoms with van der Waals surface area (Å²) in [6, 6.07) is 7.53. The molecule has 0 unspecified atom stereocenters. The molecule has 66 valence electrons. The molecule has 0 aliphatic heterocycles. The Morgan fingerprint density at radius 3 is 2.17 bits per heavy atom. The molecule has 0 bridgehead atoms. The fourth-order valence-corrected chi connectivity index (χ4v) is 3.76. The van der Waals surface area contributed by atoms with Crippen molar-refractivity contribution in [1.82, 2.24) is 0 Å². The third kappa shape index (κ3) is 3.86. The molecule has 1 aromatic rings. The fraction of sp³-hybridized carbons (Fsp3) is 0.143. The predicted molar refractivity (Wildman–Crippen MR) is 56.3 cm³/mol. The van der Waals surface area contributed by atoms with Gasteiger partial charge in [-0.2, -0.15) is 0 Å². The summed E-state index contributed by atoms with van der Waals surface area (Å²) in [5.74, 6) is 0. The largest absolute Gasteiger partial charge is 0.311 e. The maximum Gasteiger partial charge on any atom is 0.311 e. The Hall–Kier alpha value is 0.380. The Kier molecular flexibility index (Phi) is 3.54. The topological polar surface area (TPSA) is 17.1 Å².